The van der Waals surface area contributed by atoms with Gasteiger partial charge in [-0.1, -0.05) is 25.3 Å². The SMILES string of the molecule is CC1Oc2ccc(CNCC3CCCCC3)cc2N=C1N. The Hall–Kier alpha value is -1.55. The summed E-state index contributed by atoms with van der Waals surface area (Å²) in [5.74, 6) is 2.23. The van der Waals surface area contributed by atoms with Crippen LogP contribution in [0.3, 0.4) is 0 Å². The van der Waals surface area contributed by atoms with Crippen LogP contribution in [0, 0.1) is 5.92 Å². The Labute approximate surface area is 126 Å². The minimum Gasteiger partial charge on any atom is -0.481 e. The van der Waals surface area contributed by atoms with Gasteiger partial charge in [-0.05, 0) is 49.9 Å². The van der Waals surface area contributed by atoms with Crippen LogP contribution in [-0.2, 0) is 6.54 Å². The molecule has 1 fully saturated rings. The molecule has 4 nitrogen and oxygen atoms in total. The van der Waals surface area contributed by atoms with E-state index in [-0.39, 0.29) is 6.10 Å². The first-order valence-electron chi connectivity index (χ1n) is 8.07. The summed E-state index contributed by atoms with van der Waals surface area (Å²) in [5, 5.41) is 3.58. The minimum atomic E-state index is -0.132. The summed E-state index contributed by atoms with van der Waals surface area (Å²) in [5.41, 5.74) is 7.94. The average Bonchev–Trinajstić information content (AvgIpc) is 2.50. The molecule has 0 amide bonds. The Morgan fingerprint density at radius 2 is 2.10 bits per heavy atom. The molecule has 1 aromatic carbocycles. The van der Waals surface area contributed by atoms with Crippen molar-refractivity contribution in [2.45, 2.75) is 51.7 Å². The fraction of sp³-hybridized carbons (Fsp3) is 0.588. The van der Waals surface area contributed by atoms with Gasteiger partial charge in [0.05, 0.1) is 0 Å². The number of benzene rings is 1. The number of amidine groups is 1. The van der Waals surface area contributed by atoms with E-state index < -0.39 is 0 Å². The zero-order chi connectivity index (χ0) is 14.7. The molecule has 114 valence electrons. The highest BCUT2D eigenvalue weighted by Gasteiger charge is 2.18. The van der Waals surface area contributed by atoms with Gasteiger partial charge in [-0.25, -0.2) is 4.99 Å². The van der Waals surface area contributed by atoms with Gasteiger partial charge >= 0.3 is 0 Å². The second-order valence-electron chi connectivity index (χ2n) is 6.23. The average molecular weight is 287 g/mol. The lowest BCUT2D eigenvalue weighted by Crippen LogP contribution is -2.33. The van der Waals surface area contributed by atoms with Crippen LogP contribution in [0.2, 0.25) is 0 Å². The molecule has 21 heavy (non-hydrogen) atoms. The van der Waals surface area contributed by atoms with Gasteiger partial charge in [0, 0.05) is 6.54 Å². The number of hydrogen-bond acceptors (Lipinski definition) is 4. The lowest BCUT2D eigenvalue weighted by Gasteiger charge is -2.23. The van der Waals surface area contributed by atoms with Gasteiger partial charge in [-0.2, -0.15) is 0 Å². The first-order valence-corrected chi connectivity index (χ1v) is 8.07. The number of nitrogens with zero attached hydrogens (tertiary/aromatic N) is 1. The molecule has 3 rings (SSSR count). The Morgan fingerprint density at radius 3 is 2.90 bits per heavy atom. The summed E-state index contributed by atoms with van der Waals surface area (Å²) in [6.07, 6.45) is 6.84. The summed E-state index contributed by atoms with van der Waals surface area (Å²) >= 11 is 0. The molecular weight excluding hydrogens is 262 g/mol. The van der Waals surface area contributed by atoms with Gasteiger partial charge in [0.1, 0.15) is 17.3 Å². The molecule has 1 aliphatic heterocycles. The van der Waals surface area contributed by atoms with E-state index in [4.69, 9.17) is 10.5 Å². The predicted octanol–water partition coefficient (Wildman–Crippen LogP) is 3.13. The van der Waals surface area contributed by atoms with Crippen LogP contribution in [0.1, 0.15) is 44.6 Å². The van der Waals surface area contributed by atoms with E-state index in [9.17, 15) is 0 Å². The van der Waals surface area contributed by atoms with Gasteiger partial charge in [0.2, 0.25) is 0 Å². The van der Waals surface area contributed by atoms with Crippen molar-refractivity contribution in [3.05, 3.63) is 23.8 Å². The molecule has 1 aliphatic carbocycles. The van der Waals surface area contributed by atoms with Crippen molar-refractivity contribution in [2.75, 3.05) is 6.54 Å². The quantitative estimate of drug-likeness (QED) is 0.894. The minimum absolute atomic E-state index is 0.132. The maximum atomic E-state index is 5.85. The van der Waals surface area contributed by atoms with Crippen LogP contribution < -0.4 is 15.8 Å². The number of nitrogens with one attached hydrogen (secondary N) is 1. The lowest BCUT2D eigenvalue weighted by atomic mass is 9.89. The van der Waals surface area contributed by atoms with Crippen LogP contribution >= 0.6 is 0 Å². The third-order valence-electron chi connectivity index (χ3n) is 4.48. The third kappa shape index (κ3) is 3.56. The molecule has 1 heterocycles. The highest BCUT2D eigenvalue weighted by molar-refractivity contribution is 5.89. The van der Waals surface area contributed by atoms with E-state index in [1.165, 1.54) is 37.7 Å². The smallest absolute Gasteiger partial charge is 0.153 e. The van der Waals surface area contributed by atoms with E-state index in [0.29, 0.717) is 5.84 Å². The summed E-state index contributed by atoms with van der Waals surface area (Å²) in [4.78, 5) is 4.43. The normalized spacial score (nSPS) is 22.3. The van der Waals surface area contributed by atoms with Crippen molar-refractivity contribution < 1.29 is 4.74 Å². The van der Waals surface area contributed by atoms with E-state index in [1.807, 2.05) is 13.0 Å². The molecule has 0 saturated heterocycles. The van der Waals surface area contributed by atoms with Crippen molar-refractivity contribution in [1.29, 1.82) is 0 Å². The van der Waals surface area contributed by atoms with E-state index in [1.54, 1.807) is 0 Å². The van der Waals surface area contributed by atoms with Crippen LogP contribution in [0.15, 0.2) is 23.2 Å². The third-order valence-corrected chi connectivity index (χ3v) is 4.48. The van der Waals surface area contributed by atoms with Gasteiger partial charge in [-0.15, -0.1) is 0 Å². The Balaban J connectivity index is 1.56. The van der Waals surface area contributed by atoms with Crippen LogP contribution in [-0.4, -0.2) is 18.5 Å². The van der Waals surface area contributed by atoms with Gasteiger partial charge in [0.15, 0.2) is 6.10 Å². The van der Waals surface area contributed by atoms with Crippen molar-refractivity contribution in [2.24, 2.45) is 16.6 Å². The standard InChI is InChI=1S/C17H25N3O/c1-12-17(18)20-15-9-14(7-8-16(15)21-12)11-19-10-13-5-3-2-4-6-13/h7-9,12-13,19H,2-6,10-11H2,1H3,(H2,18,20). The molecule has 1 unspecified atom stereocenters. The zero-order valence-electron chi connectivity index (χ0n) is 12.8. The molecule has 1 atom stereocenters. The van der Waals surface area contributed by atoms with Gasteiger partial charge in [-0.3, -0.25) is 0 Å². The molecule has 1 saturated carbocycles. The topological polar surface area (TPSA) is 59.6 Å². The lowest BCUT2D eigenvalue weighted by molar-refractivity contribution is 0.281. The summed E-state index contributed by atoms with van der Waals surface area (Å²) in [6.45, 7) is 3.92. The monoisotopic (exact) mass is 287 g/mol. The number of aliphatic imine (C=N–C) groups is 1. The van der Waals surface area contributed by atoms with Crippen LogP contribution in [0.4, 0.5) is 5.69 Å². The molecule has 0 aromatic heterocycles. The van der Waals surface area contributed by atoms with Gasteiger partial charge < -0.3 is 15.8 Å². The fourth-order valence-corrected chi connectivity index (χ4v) is 3.15. The fourth-order valence-electron chi connectivity index (χ4n) is 3.15. The number of hydrogen-bond donors (Lipinski definition) is 2. The van der Waals surface area contributed by atoms with Gasteiger partial charge in [0.25, 0.3) is 0 Å². The van der Waals surface area contributed by atoms with Crippen LogP contribution in [0.25, 0.3) is 0 Å². The molecule has 0 spiro atoms. The van der Waals surface area contributed by atoms with Crippen molar-refractivity contribution >= 4 is 11.5 Å². The Kier molecular flexibility index (Phi) is 4.44. The number of ether oxygens (including phenoxy) is 1. The second kappa shape index (κ2) is 6.48. The Morgan fingerprint density at radius 1 is 1.29 bits per heavy atom. The summed E-state index contributed by atoms with van der Waals surface area (Å²) < 4.78 is 5.72. The molecule has 3 N–H and O–H groups in total. The van der Waals surface area contributed by atoms with E-state index in [0.717, 1.165) is 30.4 Å². The number of rotatable bonds is 4. The molecule has 0 radical (unpaired) electrons. The van der Waals surface area contributed by atoms with Crippen molar-refractivity contribution in [1.82, 2.24) is 5.32 Å². The molecule has 2 aliphatic rings. The maximum absolute atomic E-state index is 5.85. The predicted molar refractivity (Wildman–Crippen MR) is 86.1 cm³/mol. The number of fused-ring (bicyclic) bond motifs is 1. The molecule has 1 aromatic rings. The summed E-state index contributed by atoms with van der Waals surface area (Å²) in [7, 11) is 0. The molecule has 0 bridgehead atoms. The van der Waals surface area contributed by atoms with E-state index in [2.05, 4.69) is 22.4 Å². The first kappa shape index (κ1) is 14.4. The van der Waals surface area contributed by atoms with Crippen LogP contribution in [0.5, 0.6) is 5.75 Å². The first-order chi connectivity index (χ1) is 10.2. The highest BCUT2D eigenvalue weighted by Crippen LogP contribution is 2.32. The molecule has 4 heteroatoms. The van der Waals surface area contributed by atoms with E-state index >= 15 is 0 Å². The molecular formula is C17H25N3O. The zero-order valence-corrected chi connectivity index (χ0v) is 12.8. The largest absolute Gasteiger partial charge is 0.481 e. The Bertz CT molecular complexity index is 521. The van der Waals surface area contributed by atoms with Crippen molar-refractivity contribution in [3.8, 4) is 5.75 Å². The number of nitrogens with two attached hydrogens (primary N) is 1. The second-order valence-corrected chi connectivity index (χ2v) is 6.23. The highest BCUT2D eigenvalue weighted by atomic mass is 16.5. The maximum Gasteiger partial charge on any atom is 0.153 e. The summed E-state index contributed by atoms with van der Waals surface area (Å²) in [6, 6.07) is 6.18. The van der Waals surface area contributed by atoms with Crippen molar-refractivity contribution in [3.63, 3.8) is 0 Å².